The molecule has 2 aromatic heterocycles. The molecule has 0 bridgehead atoms. The Bertz CT molecular complexity index is 1160. The summed E-state index contributed by atoms with van der Waals surface area (Å²) in [5.41, 5.74) is 6.73. The van der Waals surface area contributed by atoms with Crippen molar-refractivity contribution in [1.29, 1.82) is 0 Å². The van der Waals surface area contributed by atoms with Gasteiger partial charge in [-0.05, 0) is 50.1 Å². The summed E-state index contributed by atoms with van der Waals surface area (Å²) in [7, 11) is 0. The molecule has 0 saturated heterocycles. The van der Waals surface area contributed by atoms with Crippen LogP contribution < -0.4 is 0 Å². The first-order valence-corrected chi connectivity index (χ1v) is 8.81. The number of rotatable bonds is 4. The van der Waals surface area contributed by atoms with Gasteiger partial charge in [0.15, 0.2) is 0 Å². The van der Waals surface area contributed by atoms with E-state index in [-0.39, 0.29) is 5.78 Å². The Labute approximate surface area is 152 Å². The van der Waals surface area contributed by atoms with E-state index in [1.807, 2.05) is 34.7 Å². The standard InChI is InChI=1S/C22H21N3O/c1-5-19(26)21-20(16-10-8-7-9-11-16)23-22-24(6-2)17-12-14(3)15(4)13-18(17)25(21)22/h5,7-13H,1,6H2,2-4H3. The van der Waals surface area contributed by atoms with Crippen LogP contribution in [0.5, 0.6) is 0 Å². The molecule has 4 rings (SSSR count). The summed E-state index contributed by atoms with van der Waals surface area (Å²) in [6.45, 7) is 10.8. The smallest absolute Gasteiger partial charge is 0.216 e. The Balaban J connectivity index is 2.21. The molecule has 0 saturated carbocycles. The lowest BCUT2D eigenvalue weighted by molar-refractivity contribution is 0.104. The van der Waals surface area contributed by atoms with Crippen LogP contribution in [0.4, 0.5) is 0 Å². The topological polar surface area (TPSA) is 39.3 Å². The van der Waals surface area contributed by atoms with Crippen LogP contribution in [-0.2, 0) is 6.54 Å². The van der Waals surface area contributed by atoms with Crippen LogP contribution in [0.2, 0.25) is 0 Å². The van der Waals surface area contributed by atoms with Crippen molar-refractivity contribution in [2.45, 2.75) is 27.3 Å². The average molecular weight is 343 g/mol. The quantitative estimate of drug-likeness (QED) is 0.388. The van der Waals surface area contributed by atoms with Crippen LogP contribution in [0.15, 0.2) is 55.1 Å². The average Bonchev–Trinajstić information content (AvgIpc) is 3.17. The molecule has 2 aromatic carbocycles. The third kappa shape index (κ3) is 2.22. The molecule has 0 atom stereocenters. The first kappa shape index (κ1) is 16.3. The third-order valence-electron chi connectivity index (χ3n) is 5.01. The zero-order valence-corrected chi connectivity index (χ0v) is 15.3. The lowest BCUT2D eigenvalue weighted by Gasteiger charge is -2.05. The van der Waals surface area contributed by atoms with E-state index in [0.717, 1.165) is 28.9 Å². The van der Waals surface area contributed by atoms with Crippen molar-refractivity contribution < 1.29 is 4.79 Å². The maximum Gasteiger partial charge on any atom is 0.216 e. The highest BCUT2D eigenvalue weighted by atomic mass is 16.1. The number of nitrogens with zero attached hydrogens (tertiary/aromatic N) is 3. The van der Waals surface area contributed by atoms with Gasteiger partial charge in [-0.2, -0.15) is 0 Å². The highest BCUT2D eigenvalue weighted by Gasteiger charge is 2.24. The number of ketones is 1. The zero-order chi connectivity index (χ0) is 18.4. The SMILES string of the molecule is C=CC(=O)c1c(-c2ccccc2)nc2n(CC)c3cc(C)c(C)cc3n12. The second-order valence-corrected chi connectivity index (χ2v) is 6.55. The minimum absolute atomic E-state index is 0.121. The van der Waals surface area contributed by atoms with E-state index in [9.17, 15) is 4.79 Å². The fourth-order valence-corrected chi connectivity index (χ4v) is 3.54. The van der Waals surface area contributed by atoms with Crippen LogP contribution in [-0.4, -0.2) is 19.7 Å². The summed E-state index contributed by atoms with van der Waals surface area (Å²) in [6, 6.07) is 14.2. The number of aromatic nitrogens is 3. The number of imidazole rings is 2. The molecule has 0 unspecified atom stereocenters. The van der Waals surface area contributed by atoms with Crippen LogP contribution in [0.1, 0.15) is 28.5 Å². The Morgan fingerprint density at radius 3 is 2.38 bits per heavy atom. The van der Waals surface area contributed by atoms with Gasteiger partial charge in [0, 0.05) is 12.1 Å². The molecule has 26 heavy (non-hydrogen) atoms. The molecule has 4 nitrogen and oxygen atoms in total. The number of hydrogen-bond donors (Lipinski definition) is 0. The highest BCUT2D eigenvalue weighted by molar-refractivity contribution is 6.09. The normalized spacial score (nSPS) is 11.3. The van der Waals surface area contributed by atoms with E-state index in [1.54, 1.807) is 0 Å². The van der Waals surface area contributed by atoms with Crippen molar-refractivity contribution in [3.05, 3.63) is 71.9 Å². The fraction of sp³-hybridized carbons (Fsp3) is 0.182. The van der Waals surface area contributed by atoms with Gasteiger partial charge in [-0.1, -0.05) is 36.9 Å². The largest absolute Gasteiger partial charge is 0.310 e. The molecule has 2 heterocycles. The number of hydrogen-bond acceptors (Lipinski definition) is 2. The molecule has 0 aliphatic carbocycles. The molecule has 0 aliphatic heterocycles. The maximum atomic E-state index is 12.8. The van der Waals surface area contributed by atoms with Gasteiger partial charge in [-0.15, -0.1) is 0 Å². The second kappa shape index (κ2) is 5.99. The van der Waals surface area contributed by atoms with E-state index >= 15 is 0 Å². The maximum absolute atomic E-state index is 12.8. The molecular weight excluding hydrogens is 322 g/mol. The van der Waals surface area contributed by atoms with Crippen molar-refractivity contribution in [3.63, 3.8) is 0 Å². The molecule has 0 amide bonds. The van der Waals surface area contributed by atoms with E-state index in [2.05, 4.69) is 44.0 Å². The summed E-state index contributed by atoms with van der Waals surface area (Å²) in [5.74, 6) is 0.668. The van der Waals surface area contributed by atoms with Crippen LogP contribution in [0, 0.1) is 13.8 Å². The zero-order valence-electron chi connectivity index (χ0n) is 15.3. The lowest BCUT2D eigenvalue weighted by Crippen LogP contribution is -2.01. The molecule has 0 radical (unpaired) electrons. The van der Waals surface area contributed by atoms with Gasteiger partial charge >= 0.3 is 0 Å². The monoisotopic (exact) mass is 343 g/mol. The Morgan fingerprint density at radius 2 is 1.77 bits per heavy atom. The van der Waals surface area contributed by atoms with E-state index < -0.39 is 0 Å². The minimum Gasteiger partial charge on any atom is -0.310 e. The van der Waals surface area contributed by atoms with Gasteiger partial charge in [0.05, 0.1) is 11.0 Å². The second-order valence-electron chi connectivity index (χ2n) is 6.55. The van der Waals surface area contributed by atoms with Crippen molar-refractivity contribution in [2.24, 2.45) is 0 Å². The number of fused-ring (bicyclic) bond motifs is 3. The van der Waals surface area contributed by atoms with Gasteiger partial charge < -0.3 is 4.57 Å². The molecule has 0 aliphatic rings. The Morgan fingerprint density at radius 1 is 1.12 bits per heavy atom. The molecule has 130 valence electrons. The predicted octanol–water partition coefficient (Wildman–Crippen LogP) is 4.96. The Hall–Kier alpha value is -3.14. The van der Waals surface area contributed by atoms with Gasteiger partial charge in [-0.3, -0.25) is 9.20 Å². The molecule has 0 spiro atoms. The molecule has 4 heteroatoms. The molecular formula is C22H21N3O. The number of benzene rings is 2. The van der Waals surface area contributed by atoms with Crippen molar-refractivity contribution in [2.75, 3.05) is 0 Å². The van der Waals surface area contributed by atoms with Crippen LogP contribution >= 0.6 is 0 Å². The third-order valence-corrected chi connectivity index (χ3v) is 5.01. The van der Waals surface area contributed by atoms with E-state index in [1.165, 1.54) is 17.2 Å². The Kier molecular flexibility index (Phi) is 3.76. The van der Waals surface area contributed by atoms with Crippen molar-refractivity contribution in [1.82, 2.24) is 14.0 Å². The lowest BCUT2D eigenvalue weighted by atomic mass is 10.1. The molecule has 4 aromatic rings. The van der Waals surface area contributed by atoms with Crippen LogP contribution in [0.25, 0.3) is 28.1 Å². The van der Waals surface area contributed by atoms with E-state index in [4.69, 9.17) is 4.98 Å². The summed E-state index contributed by atoms with van der Waals surface area (Å²) in [6.07, 6.45) is 1.37. The molecule has 0 fully saturated rings. The fourth-order valence-electron chi connectivity index (χ4n) is 3.54. The predicted molar refractivity (Wildman–Crippen MR) is 106 cm³/mol. The number of carbonyl (C=O) groups excluding carboxylic acids is 1. The van der Waals surface area contributed by atoms with Gasteiger partial charge in [0.1, 0.15) is 11.4 Å². The summed E-state index contributed by atoms with van der Waals surface area (Å²) in [4.78, 5) is 17.7. The van der Waals surface area contributed by atoms with Gasteiger partial charge in [0.2, 0.25) is 11.6 Å². The van der Waals surface area contributed by atoms with Gasteiger partial charge in [0.25, 0.3) is 0 Å². The van der Waals surface area contributed by atoms with Gasteiger partial charge in [-0.25, -0.2) is 4.98 Å². The first-order chi connectivity index (χ1) is 12.6. The first-order valence-electron chi connectivity index (χ1n) is 8.81. The van der Waals surface area contributed by atoms with E-state index in [0.29, 0.717) is 11.4 Å². The summed E-state index contributed by atoms with van der Waals surface area (Å²) < 4.78 is 4.14. The summed E-state index contributed by atoms with van der Waals surface area (Å²) >= 11 is 0. The highest BCUT2D eigenvalue weighted by Crippen LogP contribution is 2.31. The number of carbonyl (C=O) groups is 1. The summed E-state index contributed by atoms with van der Waals surface area (Å²) in [5, 5.41) is 0. The molecule has 0 N–H and O–H groups in total. The van der Waals surface area contributed by atoms with Crippen molar-refractivity contribution >= 4 is 22.6 Å². The minimum atomic E-state index is -0.121. The number of allylic oxidation sites excluding steroid dienone is 1. The number of aryl methyl sites for hydroxylation is 3. The van der Waals surface area contributed by atoms with Crippen molar-refractivity contribution in [3.8, 4) is 11.3 Å². The van der Waals surface area contributed by atoms with Crippen LogP contribution in [0.3, 0.4) is 0 Å².